The fourth-order valence-electron chi connectivity index (χ4n) is 3.37. The lowest BCUT2D eigenvalue weighted by molar-refractivity contribution is -0.274. The number of alkyl halides is 3. The molecule has 0 fully saturated rings. The van der Waals surface area contributed by atoms with Crippen LogP contribution in [-0.4, -0.2) is 22.4 Å². The molecule has 0 radical (unpaired) electrons. The predicted molar refractivity (Wildman–Crippen MR) is 127 cm³/mol. The maximum atomic E-state index is 14.3. The van der Waals surface area contributed by atoms with Gasteiger partial charge in [0.1, 0.15) is 18.1 Å². The summed E-state index contributed by atoms with van der Waals surface area (Å²) in [6, 6.07) is 16.1. The molecule has 11 heteroatoms. The molecule has 2 N–H and O–H groups in total. The van der Waals surface area contributed by atoms with E-state index < -0.39 is 24.1 Å². The van der Waals surface area contributed by atoms with E-state index in [9.17, 15) is 22.4 Å². The highest BCUT2D eigenvalue weighted by Gasteiger charge is 2.31. The Labute approximate surface area is 209 Å². The number of ether oxygens (including phenoxy) is 2. The molecule has 0 saturated heterocycles. The number of pyridine rings is 2. The summed E-state index contributed by atoms with van der Waals surface area (Å²) in [6.45, 7) is 0.238. The molecule has 0 bridgehead atoms. The Morgan fingerprint density at radius 1 is 0.919 bits per heavy atom. The standard InChI is InChI=1S/C26H20F4N4O3/c27-24-22(4-2-12-32-24)23-13-21(37-26(28,29)30)8-5-18(23)16-36-20-9-6-19(7-10-20)34-25(35)33-15-17-3-1-11-31-14-17/h1-14H,15-16H2,(H2,33,34,35). The molecular formula is C26H20F4N4O3. The molecule has 190 valence electrons. The van der Waals surface area contributed by atoms with Gasteiger partial charge in [-0.25, -0.2) is 9.78 Å². The van der Waals surface area contributed by atoms with Crippen molar-refractivity contribution in [1.82, 2.24) is 15.3 Å². The van der Waals surface area contributed by atoms with Gasteiger partial charge in [-0.15, -0.1) is 13.2 Å². The van der Waals surface area contributed by atoms with Gasteiger partial charge in [0.05, 0.1) is 0 Å². The lowest BCUT2D eigenvalue weighted by atomic mass is 10.0. The van der Waals surface area contributed by atoms with Crippen LogP contribution in [0.25, 0.3) is 11.1 Å². The van der Waals surface area contributed by atoms with E-state index in [0.717, 1.165) is 17.7 Å². The van der Waals surface area contributed by atoms with Crippen LogP contribution in [0.3, 0.4) is 0 Å². The highest BCUT2D eigenvalue weighted by atomic mass is 19.4. The topological polar surface area (TPSA) is 85.4 Å². The van der Waals surface area contributed by atoms with Gasteiger partial charge in [-0.2, -0.15) is 4.39 Å². The molecule has 0 aliphatic heterocycles. The summed E-state index contributed by atoms with van der Waals surface area (Å²) in [5.74, 6) is -0.911. The van der Waals surface area contributed by atoms with Crippen molar-refractivity contribution in [3.63, 3.8) is 0 Å². The molecule has 0 aliphatic carbocycles. The number of nitrogens with one attached hydrogen (secondary N) is 2. The molecule has 0 spiro atoms. The fraction of sp³-hybridized carbons (Fsp3) is 0.115. The second-order valence-electron chi connectivity index (χ2n) is 7.69. The molecule has 4 rings (SSSR count). The van der Waals surface area contributed by atoms with Crippen LogP contribution in [0.1, 0.15) is 11.1 Å². The summed E-state index contributed by atoms with van der Waals surface area (Å²) in [4.78, 5) is 19.7. The number of halogens is 4. The Morgan fingerprint density at radius 2 is 1.68 bits per heavy atom. The first kappa shape index (κ1) is 25.4. The molecule has 2 aromatic heterocycles. The first-order chi connectivity index (χ1) is 17.8. The fourth-order valence-corrected chi connectivity index (χ4v) is 3.37. The average Bonchev–Trinajstić information content (AvgIpc) is 2.87. The highest BCUT2D eigenvalue weighted by molar-refractivity contribution is 5.89. The molecule has 2 heterocycles. The Balaban J connectivity index is 1.41. The number of urea groups is 1. The van der Waals surface area contributed by atoms with Gasteiger partial charge in [0.25, 0.3) is 0 Å². The Bertz CT molecular complexity index is 1350. The van der Waals surface area contributed by atoms with E-state index in [0.29, 0.717) is 23.5 Å². The van der Waals surface area contributed by atoms with Crippen LogP contribution >= 0.6 is 0 Å². The zero-order valence-corrected chi connectivity index (χ0v) is 19.1. The molecule has 4 aromatic rings. The molecule has 2 amide bonds. The number of carbonyl (C=O) groups is 1. The normalized spacial score (nSPS) is 11.0. The molecular weight excluding hydrogens is 492 g/mol. The highest BCUT2D eigenvalue weighted by Crippen LogP contribution is 2.32. The van der Waals surface area contributed by atoms with Gasteiger partial charge in [0.2, 0.25) is 5.95 Å². The van der Waals surface area contributed by atoms with Crippen molar-refractivity contribution in [2.45, 2.75) is 19.5 Å². The minimum Gasteiger partial charge on any atom is -0.489 e. The minimum absolute atomic E-state index is 0.00516. The quantitative estimate of drug-likeness (QED) is 0.221. The van der Waals surface area contributed by atoms with Crippen molar-refractivity contribution >= 4 is 11.7 Å². The zero-order valence-electron chi connectivity index (χ0n) is 19.1. The van der Waals surface area contributed by atoms with E-state index in [-0.39, 0.29) is 17.7 Å². The van der Waals surface area contributed by atoms with Crippen LogP contribution in [0.4, 0.5) is 28.0 Å². The number of rotatable bonds is 8. The molecule has 0 saturated carbocycles. The number of nitrogens with zero attached hydrogens (tertiary/aromatic N) is 2. The number of anilines is 1. The largest absolute Gasteiger partial charge is 0.573 e. The molecule has 2 aromatic carbocycles. The third kappa shape index (κ3) is 7.40. The van der Waals surface area contributed by atoms with Crippen LogP contribution < -0.4 is 20.1 Å². The van der Waals surface area contributed by atoms with Crippen molar-refractivity contribution in [1.29, 1.82) is 0 Å². The summed E-state index contributed by atoms with van der Waals surface area (Å²) in [6.07, 6.45) is -0.367. The van der Waals surface area contributed by atoms with Crippen molar-refractivity contribution < 1.29 is 31.8 Å². The van der Waals surface area contributed by atoms with E-state index in [4.69, 9.17) is 4.74 Å². The van der Waals surface area contributed by atoms with Gasteiger partial charge in [-0.3, -0.25) is 4.98 Å². The van der Waals surface area contributed by atoms with Crippen LogP contribution in [0, 0.1) is 5.95 Å². The average molecular weight is 512 g/mol. The van der Waals surface area contributed by atoms with E-state index in [1.54, 1.807) is 42.7 Å². The number of amides is 2. The van der Waals surface area contributed by atoms with Crippen molar-refractivity contribution in [2.75, 3.05) is 5.32 Å². The summed E-state index contributed by atoms with van der Waals surface area (Å²) in [7, 11) is 0. The number of benzene rings is 2. The van der Waals surface area contributed by atoms with Crippen LogP contribution in [-0.2, 0) is 13.2 Å². The van der Waals surface area contributed by atoms with Crippen LogP contribution in [0.2, 0.25) is 0 Å². The maximum absolute atomic E-state index is 14.3. The molecule has 0 aliphatic rings. The lowest BCUT2D eigenvalue weighted by Gasteiger charge is -2.15. The number of aromatic nitrogens is 2. The molecule has 0 atom stereocenters. The second kappa shape index (κ2) is 11.4. The monoisotopic (exact) mass is 512 g/mol. The van der Waals surface area contributed by atoms with Crippen molar-refractivity contribution in [3.05, 3.63) is 102 Å². The van der Waals surface area contributed by atoms with Gasteiger partial charge in [-0.05, 0) is 71.3 Å². The summed E-state index contributed by atoms with van der Waals surface area (Å²) >= 11 is 0. The minimum atomic E-state index is -4.89. The molecule has 7 nitrogen and oxygen atoms in total. The predicted octanol–water partition coefficient (Wildman–Crippen LogP) is 6.08. The molecule has 0 unspecified atom stereocenters. The van der Waals surface area contributed by atoms with E-state index >= 15 is 0 Å². The second-order valence-corrected chi connectivity index (χ2v) is 7.69. The van der Waals surface area contributed by atoms with Gasteiger partial charge in [0, 0.05) is 36.4 Å². The maximum Gasteiger partial charge on any atom is 0.573 e. The van der Waals surface area contributed by atoms with Gasteiger partial charge < -0.3 is 20.1 Å². The SMILES string of the molecule is O=C(NCc1cccnc1)Nc1ccc(OCc2ccc(OC(F)(F)F)cc2-c2cccnc2F)cc1. The van der Waals surface area contributed by atoms with Gasteiger partial charge >= 0.3 is 12.4 Å². The van der Waals surface area contributed by atoms with Crippen LogP contribution in [0.5, 0.6) is 11.5 Å². The summed E-state index contributed by atoms with van der Waals surface area (Å²) in [5, 5.41) is 5.41. The third-order valence-corrected chi connectivity index (χ3v) is 5.05. The summed E-state index contributed by atoms with van der Waals surface area (Å²) < 4.78 is 62.1. The van der Waals surface area contributed by atoms with Crippen molar-refractivity contribution in [2.24, 2.45) is 0 Å². The zero-order chi connectivity index (χ0) is 26.3. The van der Waals surface area contributed by atoms with Crippen molar-refractivity contribution in [3.8, 4) is 22.6 Å². The van der Waals surface area contributed by atoms with Gasteiger partial charge in [-0.1, -0.05) is 12.1 Å². The third-order valence-electron chi connectivity index (χ3n) is 5.05. The van der Waals surface area contributed by atoms with Gasteiger partial charge in [0.15, 0.2) is 0 Å². The van der Waals surface area contributed by atoms with E-state index in [2.05, 4.69) is 25.3 Å². The Morgan fingerprint density at radius 3 is 2.38 bits per heavy atom. The van der Waals surface area contributed by atoms with E-state index in [1.807, 2.05) is 6.07 Å². The Kier molecular flexibility index (Phi) is 7.82. The van der Waals surface area contributed by atoms with E-state index in [1.165, 1.54) is 24.4 Å². The lowest BCUT2D eigenvalue weighted by Crippen LogP contribution is -2.28. The smallest absolute Gasteiger partial charge is 0.489 e. The molecule has 37 heavy (non-hydrogen) atoms. The number of hydrogen-bond acceptors (Lipinski definition) is 5. The summed E-state index contributed by atoms with van der Waals surface area (Å²) in [5.41, 5.74) is 1.94. The first-order valence-electron chi connectivity index (χ1n) is 10.9. The van der Waals surface area contributed by atoms with Crippen LogP contribution in [0.15, 0.2) is 85.3 Å². The number of hydrogen-bond donors (Lipinski definition) is 2. The number of carbonyl (C=O) groups excluding carboxylic acids is 1. The first-order valence-corrected chi connectivity index (χ1v) is 10.9. The Hall–Kier alpha value is -4.67.